The van der Waals surface area contributed by atoms with E-state index in [1.807, 2.05) is 19.1 Å². The predicted octanol–water partition coefficient (Wildman–Crippen LogP) is 1.39. The van der Waals surface area contributed by atoms with Gasteiger partial charge in [0.2, 0.25) is 0 Å². The van der Waals surface area contributed by atoms with Crippen molar-refractivity contribution in [3.05, 3.63) is 22.4 Å². The van der Waals surface area contributed by atoms with Crippen LogP contribution in [0.1, 0.15) is 5.69 Å². The van der Waals surface area contributed by atoms with E-state index in [0.29, 0.717) is 13.1 Å². The van der Waals surface area contributed by atoms with Gasteiger partial charge >= 0.3 is 0 Å². The molecule has 0 aromatic carbocycles. The lowest BCUT2D eigenvalue weighted by Crippen LogP contribution is -2.40. The maximum Gasteiger partial charge on any atom is 0.153 e. The number of rotatable bonds is 1. The Morgan fingerprint density at radius 2 is 1.94 bits per heavy atom. The summed E-state index contributed by atoms with van der Waals surface area (Å²) in [5.41, 5.74) is 1.96. The van der Waals surface area contributed by atoms with Gasteiger partial charge in [-0.2, -0.15) is 0 Å². The Kier molecular flexibility index (Phi) is 3.21. The number of aryl methyl sites for hydroxylation is 1. The lowest BCUT2D eigenvalue weighted by Gasteiger charge is -2.28. The molecule has 0 atom stereocenters. The van der Waals surface area contributed by atoms with Gasteiger partial charge in [0.25, 0.3) is 0 Å². The van der Waals surface area contributed by atoms with Crippen molar-refractivity contribution in [1.82, 2.24) is 4.98 Å². The number of pyridine rings is 1. The molecule has 0 amide bonds. The van der Waals surface area contributed by atoms with Crippen LogP contribution in [0.4, 0.5) is 5.69 Å². The molecule has 0 saturated carbocycles. The van der Waals surface area contributed by atoms with Gasteiger partial charge in [0.15, 0.2) is 9.84 Å². The maximum atomic E-state index is 11.3. The van der Waals surface area contributed by atoms with E-state index in [9.17, 15) is 8.42 Å². The van der Waals surface area contributed by atoms with Crippen LogP contribution in [-0.2, 0) is 9.84 Å². The first-order valence-corrected chi connectivity index (χ1v) is 7.67. The van der Waals surface area contributed by atoms with Gasteiger partial charge in [-0.3, -0.25) is 0 Å². The molecule has 1 aliphatic heterocycles. The van der Waals surface area contributed by atoms with Crippen molar-refractivity contribution in [2.24, 2.45) is 0 Å². The highest BCUT2D eigenvalue weighted by atomic mass is 79.9. The third kappa shape index (κ3) is 2.74. The molecule has 2 rings (SSSR count). The van der Waals surface area contributed by atoms with Gasteiger partial charge in [-0.25, -0.2) is 13.4 Å². The first-order valence-electron chi connectivity index (χ1n) is 5.06. The first kappa shape index (κ1) is 11.9. The standard InChI is InChI=1S/C10H13BrN2O2S/c1-8-6-9(7-10(11)12-8)13-2-4-16(14,15)5-3-13/h6-7H,2-5H2,1H3. The molecule has 1 aromatic heterocycles. The van der Waals surface area contributed by atoms with E-state index in [2.05, 4.69) is 25.8 Å². The van der Waals surface area contributed by atoms with Gasteiger partial charge in [-0.1, -0.05) is 0 Å². The van der Waals surface area contributed by atoms with Crippen LogP contribution in [0.3, 0.4) is 0 Å². The fraction of sp³-hybridized carbons (Fsp3) is 0.500. The van der Waals surface area contributed by atoms with E-state index in [4.69, 9.17) is 0 Å². The maximum absolute atomic E-state index is 11.3. The third-order valence-electron chi connectivity index (χ3n) is 2.62. The molecule has 16 heavy (non-hydrogen) atoms. The van der Waals surface area contributed by atoms with Crippen molar-refractivity contribution in [3.63, 3.8) is 0 Å². The van der Waals surface area contributed by atoms with Gasteiger partial charge in [-0.15, -0.1) is 0 Å². The monoisotopic (exact) mass is 304 g/mol. The molecule has 0 unspecified atom stereocenters. The Bertz CT molecular complexity index is 467. The minimum Gasteiger partial charge on any atom is -0.369 e. The second-order valence-electron chi connectivity index (χ2n) is 3.93. The zero-order valence-corrected chi connectivity index (χ0v) is 11.4. The lowest BCUT2D eigenvalue weighted by molar-refractivity contribution is 0.587. The van der Waals surface area contributed by atoms with Gasteiger partial charge in [-0.05, 0) is 35.0 Å². The molecule has 0 N–H and O–H groups in total. The number of hydrogen-bond acceptors (Lipinski definition) is 4. The van der Waals surface area contributed by atoms with E-state index in [1.54, 1.807) is 0 Å². The SMILES string of the molecule is Cc1cc(N2CCS(=O)(=O)CC2)cc(Br)n1. The summed E-state index contributed by atoms with van der Waals surface area (Å²) in [6.45, 7) is 3.06. The molecular formula is C10H13BrN2O2S. The second kappa shape index (κ2) is 4.33. The minimum atomic E-state index is -2.81. The summed E-state index contributed by atoms with van der Waals surface area (Å²) in [4.78, 5) is 6.31. The van der Waals surface area contributed by atoms with Gasteiger partial charge in [0, 0.05) is 24.5 Å². The summed E-state index contributed by atoms with van der Waals surface area (Å²) in [7, 11) is -2.81. The molecule has 1 aromatic rings. The van der Waals surface area contributed by atoms with Crippen LogP contribution >= 0.6 is 15.9 Å². The third-order valence-corrected chi connectivity index (χ3v) is 4.63. The van der Waals surface area contributed by atoms with Gasteiger partial charge in [0.05, 0.1) is 11.5 Å². The number of anilines is 1. The molecule has 0 spiro atoms. The van der Waals surface area contributed by atoms with E-state index in [0.717, 1.165) is 16.0 Å². The van der Waals surface area contributed by atoms with Crippen LogP contribution < -0.4 is 4.90 Å². The van der Waals surface area contributed by atoms with E-state index < -0.39 is 9.84 Å². The molecule has 2 heterocycles. The van der Waals surface area contributed by atoms with Gasteiger partial charge in [0.1, 0.15) is 4.60 Å². The average Bonchev–Trinajstić information content (AvgIpc) is 2.15. The number of aromatic nitrogens is 1. The zero-order chi connectivity index (χ0) is 11.8. The Hall–Kier alpha value is -0.620. The Labute approximate surface area is 104 Å². The topological polar surface area (TPSA) is 50.3 Å². The summed E-state index contributed by atoms with van der Waals surface area (Å²) < 4.78 is 23.4. The largest absolute Gasteiger partial charge is 0.369 e. The van der Waals surface area contributed by atoms with Crippen molar-refractivity contribution in [1.29, 1.82) is 0 Å². The second-order valence-corrected chi connectivity index (χ2v) is 7.04. The number of nitrogens with zero attached hydrogens (tertiary/aromatic N) is 2. The number of sulfone groups is 1. The molecule has 88 valence electrons. The number of hydrogen-bond donors (Lipinski definition) is 0. The van der Waals surface area contributed by atoms with Crippen LogP contribution in [0.25, 0.3) is 0 Å². The normalized spacial score (nSPS) is 19.8. The molecule has 1 fully saturated rings. The van der Waals surface area contributed by atoms with Crippen LogP contribution in [0.5, 0.6) is 0 Å². The molecule has 1 aliphatic rings. The van der Waals surface area contributed by atoms with Crippen molar-refractivity contribution in [2.45, 2.75) is 6.92 Å². The zero-order valence-electron chi connectivity index (χ0n) is 8.98. The highest BCUT2D eigenvalue weighted by molar-refractivity contribution is 9.10. The molecule has 0 bridgehead atoms. The summed E-state index contributed by atoms with van der Waals surface area (Å²) >= 11 is 3.35. The van der Waals surface area contributed by atoms with Crippen molar-refractivity contribution < 1.29 is 8.42 Å². The molecule has 1 saturated heterocycles. The van der Waals surface area contributed by atoms with E-state index in [1.165, 1.54) is 0 Å². The van der Waals surface area contributed by atoms with Crippen molar-refractivity contribution in [3.8, 4) is 0 Å². The number of halogens is 1. The minimum absolute atomic E-state index is 0.242. The van der Waals surface area contributed by atoms with Gasteiger partial charge < -0.3 is 4.90 Å². The lowest BCUT2D eigenvalue weighted by atomic mass is 10.3. The average molecular weight is 305 g/mol. The molecular weight excluding hydrogens is 292 g/mol. The Morgan fingerprint density at radius 1 is 1.31 bits per heavy atom. The fourth-order valence-corrected chi connectivity index (χ4v) is 3.48. The molecule has 6 heteroatoms. The highest BCUT2D eigenvalue weighted by Gasteiger charge is 2.21. The summed E-state index contributed by atoms with van der Waals surface area (Å²) in [6.07, 6.45) is 0. The van der Waals surface area contributed by atoms with Crippen molar-refractivity contribution in [2.75, 3.05) is 29.5 Å². The molecule has 0 aliphatic carbocycles. The quantitative estimate of drug-likeness (QED) is 0.736. The smallest absolute Gasteiger partial charge is 0.153 e. The Morgan fingerprint density at radius 3 is 2.50 bits per heavy atom. The van der Waals surface area contributed by atoms with E-state index in [-0.39, 0.29) is 11.5 Å². The summed E-state index contributed by atoms with van der Waals surface area (Å²) in [5, 5.41) is 0. The summed E-state index contributed by atoms with van der Waals surface area (Å²) in [5.74, 6) is 0.484. The first-order chi connectivity index (χ1) is 7.46. The van der Waals surface area contributed by atoms with Crippen molar-refractivity contribution >= 4 is 31.5 Å². The fourth-order valence-electron chi connectivity index (χ4n) is 1.76. The molecule has 4 nitrogen and oxygen atoms in total. The Balaban J connectivity index is 2.20. The van der Waals surface area contributed by atoms with Crippen LogP contribution in [-0.4, -0.2) is 38.0 Å². The van der Waals surface area contributed by atoms with Crippen LogP contribution in [0.2, 0.25) is 0 Å². The predicted molar refractivity (Wildman–Crippen MR) is 67.5 cm³/mol. The molecule has 0 radical (unpaired) electrons. The van der Waals surface area contributed by atoms with E-state index >= 15 is 0 Å². The summed E-state index contributed by atoms with van der Waals surface area (Å²) in [6, 6.07) is 3.90. The highest BCUT2D eigenvalue weighted by Crippen LogP contribution is 2.21. The van der Waals surface area contributed by atoms with Crippen LogP contribution in [0.15, 0.2) is 16.7 Å². The van der Waals surface area contributed by atoms with Crippen LogP contribution in [0, 0.1) is 6.92 Å².